The molecule has 0 aromatic heterocycles. The highest BCUT2D eigenvalue weighted by Gasteiger charge is 2.27. The topological polar surface area (TPSA) is 53.0 Å². The van der Waals surface area contributed by atoms with E-state index in [-0.39, 0.29) is 18.1 Å². The molecule has 5 nitrogen and oxygen atoms in total. The van der Waals surface area contributed by atoms with E-state index in [4.69, 9.17) is 4.74 Å². The molecule has 0 bridgehead atoms. The van der Waals surface area contributed by atoms with E-state index in [9.17, 15) is 14.3 Å². The number of aliphatic hydroxyl groups excluding tert-OH is 1. The van der Waals surface area contributed by atoms with Gasteiger partial charge in [0.25, 0.3) is 5.91 Å². The van der Waals surface area contributed by atoms with Crippen LogP contribution in [0.4, 0.5) is 4.39 Å². The molecule has 1 aromatic carbocycles. The van der Waals surface area contributed by atoms with E-state index in [1.165, 1.54) is 12.1 Å². The Morgan fingerprint density at radius 3 is 2.88 bits per heavy atom. The summed E-state index contributed by atoms with van der Waals surface area (Å²) in [6.45, 7) is 9.81. The number of hydrogen-bond acceptors (Lipinski definition) is 4. The number of aliphatic hydroxyl groups is 1. The summed E-state index contributed by atoms with van der Waals surface area (Å²) in [4.78, 5) is 16.8. The summed E-state index contributed by atoms with van der Waals surface area (Å²) in [5.74, 6) is -0.282. The summed E-state index contributed by atoms with van der Waals surface area (Å²) in [5.41, 5.74) is 0.361. The van der Waals surface area contributed by atoms with Gasteiger partial charge in [0.15, 0.2) is 0 Å². The standard InChI is InChI=1S/C20H31FN2O3/c1-4-18(24)12-22-8-9-26-19(13-22)14-23(11-15(2)3)20(25)16-6-5-7-17(21)10-16/h5-7,10,15,18-19,24H,4,8-9,11-14H2,1-3H3/t18-,19-/m0/s1. The molecule has 1 N–H and O–H groups in total. The second-order valence-electron chi connectivity index (χ2n) is 7.43. The van der Waals surface area contributed by atoms with Crippen molar-refractivity contribution in [3.63, 3.8) is 0 Å². The lowest BCUT2D eigenvalue weighted by molar-refractivity contribution is -0.0513. The van der Waals surface area contributed by atoms with Gasteiger partial charge in [-0.3, -0.25) is 9.69 Å². The van der Waals surface area contributed by atoms with E-state index in [1.54, 1.807) is 17.0 Å². The molecule has 1 aromatic rings. The maximum atomic E-state index is 13.5. The zero-order valence-electron chi connectivity index (χ0n) is 16.0. The van der Waals surface area contributed by atoms with Gasteiger partial charge in [0.1, 0.15) is 5.82 Å². The van der Waals surface area contributed by atoms with Crippen LogP contribution in [0, 0.1) is 11.7 Å². The molecule has 1 saturated heterocycles. The molecule has 0 radical (unpaired) electrons. The third-order valence-corrected chi connectivity index (χ3v) is 4.53. The third-order valence-electron chi connectivity index (χ3n) is 4.53. The Balaban J connectivity index is 2.03. The van der Waals surface area contributed by atoms with Gasteiger partial charge in [-0.25, -0.2) is 4.39 Å². The van der Waals surface area contributed by atoms with Gasteiger partial charge in [0.05, 0.1) is 18.8 Å². The number of morpholine rings is 1. The molecule has 2 atom stereocenters. The molecular formula is C20H31FN2O3. The van der Waals surface area contributed by atoms with Crippen molar-refractivity contribution in [2.45, 2.75) is 39.4 Å². The summed E-state index contributed by atoms with van der Waals surface area (Å²) in [5, 5.41) is 9.88. The van der Waals surface area contributed by atoms with Crippen LogP contribution in [0.15, 0.2) is 24.3 Å². The Morgan fingerprint density at radius 2 is 2.23 bits per heavy atom. The molecule has 1 fully saturated rings. The van der Waals surface area contributed by atoms with Crippen molar-refractivity contribution in [3.05, 3.63) is 35.6 Å². The van der Waals surface area contributed by atoms with Crippen LogP contribution in [-0.4, -0.2) is 72.4 Å². The van der Waals surface area contributed by atoms with E-state index in [0.29, 0.717) is 44.3 Å². The van der Waals surface area contributed by atoms with Crippen LogP contribution in [-0.2, 0) is 4.74 Å². The number of carbonyl (C=O) groups excluding carboxylic acids is 1. The second-order valence-corrected chi connectivity index (χ2v) is 7.43. The minimum Gasteiger partial charge on any atom is -0.392 e. The van der Waals surface area contributed by atoms with E-state index < -0.39 is 5.82 Å². The van der Waals surface area contributed by atoms with E-state index in [2.05, 4.69) is 18.7 Å². The SMILES string of the molecule is CC[C@H](O)CN1CCO[C@H](CN(CC(C)C)C(=O)c2cccc(F)c2)C1. The highest BCUT2D eigenvalue weighted by Crippen LogP contribution is 2.14. The fourth-order valence-corrected chi connectivity index (χ4v) is 3.21. The monoisotopic (exact) mass is 366 g/mol. The average molecular weight is 366 g/mol. The van der Waals surface area contributed by atoms with Gasteiger partial charge in [-0.15, -0.1) is 0 Å². The van der Waals surface area contributed by atoms with Crippen molar-refractivity contribution in [3.8, 4) is 0 Å². The average Bonchev–Trinajstić information content (AvgIpc) is 2.60. The first-order chi connectivity index (χ1) is 12.4. The van der Waals surface area contributed by atoms with Crippen LogP contribution >= 0.6 is 0 Å². The van der Waals surface area contributed by atoms with Crippen molar-refractivity contribution >= 4 is 5.91 Å². The fourth-order valence-electron chi connectivity index (χ4n) is 3.21. The quantitative estimate of drug-likeness (QED) is 0.768. The van der Waals surface area contributed by atoms with Crippen LogP contribution in [0.3, 0.4) is 0 Å². The lowest BCUT2D eigenvalue weighted by atomic mass is 10.1. The summed E-state index contributed by atoms with van der Waals surface area (Å²) in [6.07, 6.45) is 0.276. The lowest BCUT2D eigenvalue weighted by Gasteiger charge is -2.37. The van der Waals surface area contributed by atoms with Crippen LogP contribution < -0.4 is 0 Å². The summed E-state index contributed by atoms with van der Waals surface area (Å²) >= 11 is 0. The Labute approximate surface area is 155 Å². The maximum absolute atomic E-state index is 13.5. The molecule has 6 heteroatoms. The van der Waals surface area contributed by atoms with Gasteiger partial charge in [-0.05, 0) is 30.5 Å². The first kappa shape index (κ1) is 20.8. The van der Waals surface area contributed by atoms with Crippen LogP contribution in [0.2, 0.25) is 0 Å². The maximum Gasteiger partial charge on any atom is 0.254 e. The number of nitrogens with zero attached hydrogens (tertiary/aromatic N) is 2. The molecule has 26 heavy (non-hydrogen) atoms. The molecule has 1 amide bonds. The lowest BCUT2D eigenvalue weighted by Crippen LogP contribution is -2.50. The van der Waals surface area contributed by atoms with E-state index in [0.717, 1.165) is 13.0 Å². The second kappa shape index (κ2) is 10.00. The molecule has 0 saturated carbocycles. The Kier molecular flexibility index (Phi) is 8.00. The Morgan fingerprint density at radius 1 is 1.46 bits per heavy atom. The molecule has 1 heterocycles. The molecule has 1 aliphatic rings. The van der Waals surface area contributed by atoms with Crippen LogP contribution in [0.5, 0.6) is 0 Å². The van der Waals surface area contributed by atoms with Crippen molar-refractivity contribution in [2.75, 3.05) is 39.3 Å². The summed E-state index contributed by atoms with van der Waals surface area (Å²) in [7, 11) is 0. The largest absolute Gasteiger partial charge is 0.392 e. The Bertz CT molecular complexity index is 582. The van der Waals surface area contributed by atoms with Gasteiger partial charge < -0.3 is 14.7 Å². The summed E-state index contributed by atoms with van der Waals surface area (Å²) in [6, 6.07) is 5.82. The fraction of sp³-hybridized carbons (Fsp3) is 0.650. The molecule has 0 spiro atoms. The number of amides is 1. The first-order valence-electron chi connectivity index (χ1n) is 9.45. The smallest absolute Gasteiger partial charge is 0.254 e. The molecule has 1 aliphatic heterocycles. The number of benzene rings is 1. The molecule has 0 unspecified atom stereocenters. The number of rotatable bonds is 8. The molecule has 146 valence electrons. The highest BCUT2D eigenvalue weighted by atomic mass is 19.1. The molecule has 0 aliphatic carbocycles. The van der Waals surface area contributed by atoms with E-state index >= 15 is 0 Å². The normalized spacial score (nSPS) is 19.5. The van der Waals surface area contributed by atoms with Gasteiger partial charge in [-0.1, -0.05) is 26.8 Å². The zero-order valence-corrected chi connectivity index (χ0v) is 16.0. The predicted octanol–water partition coefficient (Wildman–Crippen LogP) is 2.40. The zero-order chi connectivity index (χ0) is 19.1. The third kappa shape index (κ3) is 6.34. The number of carbonyl (C=O) groups is 1. The first-order valence-corrected chi connectivity index (χ1v) is 9.45. The number of β-amino-alcohol motifs (C(OH)–C–C–N with tert-alkyl or cyclic N) is 1. The minimum atomic E-state index is -0.408. The van der Waals surface area contributed by atoms with Crippen molar-refractivity contribution < 1.29 is 19.0 Å². The highest BCUT2D eigenvalue weighted by molar-refractivity contribution is 5.94. The van der Waals surface area contributed by atoms with Crippen molar-refractivity contribution in [2.24, 2.45) is 5.92 Å². The van der Waals surface area contributed by atoms with Gasteiger partial charge in [0, 0.05) is 38.3 Å². The number of hydrogen-bond donors (Lipinski definition) is 1. The van der Waals surface area contributed by atoms with E-state index in [1.807, 2.05) is 6.92 Å². The minimum absolute atomic E-state index is 0.107. The van der Waals surface area contributed by atoms with Crippen LogP contribution in [0.25, 0.3) is 0 Å². The number of ether oxygens (including phenoxy) is 1. The van der Waals surface area contributed by atoms with Gasteiger partial charge in [-0.2, -0.15) is 0 Å². The van der Waals surface area contributed by atoms with Gasteiger partial charge >= 0.3 is 0 Å². The number of halogens is 1. The molecule has 2 rings (SSSR count). The van der Waals surface area contributed by atoms with Gasteiger partial charge in [0.2, 0.25) is 0 Å². The van der Waals surface area contributed by atoms with Crippen molar-refractivity contribution in [1.82, 2.24) is 9.80 Å². The van der Waals surface area contributed by atoms with Crippen LogP contribution in [0.1, 0.15) is 37.6 Å². The summed E-state index contributed by atoms with van der Waals surface area (Å²) < 4.78 is 19.3. The van der Waals surface area contributed by atoms with Crippen molar-refractivity contribution in [1.29, 1.82) is 0 Å². The molecular weight excluding hydrogens is 335 g/mol. The Hall–Kier alpha value is -1.50. The predicted molar refractivity (Wildman–Crippen MR) is 99.6 cm³/mol.